The molecule has 2 aliphatic rings. The molecule has 2 amide bonds. The summed E-state index contributed by atoms with van der Waals surface area (Å²) in [5, 5.41) is 13.6. The molecule has 0 bridgehead atoms. The Morgan fingerprint density at radius 1 is 1.03 bits per heavy atom. The van der Waals surface area contributed by atoms with E-state index in [1.54, 1.807) is 13.2 Å². The summed E-state index contributed by atoms with van der Waals surface area (Å²) in [6.07, 6.45) is 4.64. The number of amides is 2. The number of phenolic OH excluding ortho intramolecular Hbond substituents is 1. The monoisotopic (exact) mass is 484 g/mol. The molecule has 6 nitrogen and oxygen atoms in total. The molecule has 0 saturated heterocycles. The fraction of sp³-hybridized carbons (Fsp3) is 0.333. The van der Waals surface area contributed by atoms with Gasteiger partial charge in [-0.25, -0.2) is 0 Å². The minimum absolute atomic E-state index is 0.0452. The lowest BCUT2D eigenvalue weighted by Crippen LogP contribution is -2.51. The highest BCUT2D eigenvalue weighted by Gasteiger charge is 2.47. The molecule has 0 aromatic heterocycles. The Hall–Kier alpha value is -3.80. The van der Waals surface area contributed by atoms with E-state index in [1.807, 2.05) is 65.6 Å². The van der Waals surface area contributed by atoms with Gasteiger partial charge in [-0.3, -0.25) is 9.59 Å². The van der Waals surface area contributed by atoms with Crippen LogP contribution in [0.3, 0.4) is 0 Å². The molecule has 0 spiro atoms. The summed E-state index contributed by atoms with van der Waals surface area (Å²) in [5.74, 6) is -0.253. The van der Waals surface area contributed by atoms with Crippen molar-refractivity contribution in [1.82, 2.24) is 10.2 Å². The molecule has 5 rings (SSSR count). The molecule has 2 N–H and O–H groups in total. The van der Waals surface area contributed by atoms with Gasteiger partial charge in [-0.2, -0.15) is 0 Å². The first kappa shape index (κ1) is 23.9. The van der Waals surface area contributed by atoms with Crippen molar-refractivity contribution in [3.8, 4) is 11.5 Å². The number of fused-ring (bicyclic) bond motifs is 1. The van der Waals surface area contributed by atoms with Gasteiger partial charge in [0.25, 0.3) is 5.91 Å². The predicted molar refractivity (Wildman–Crippen MR) is 138 cm³/mol. The zero-order valence-corrected chi connectivity index (χ0v) is 20.5. The number of nitrogens with one attached hydrogen (secondary N) is 1. The summed E-state index contributed by atoms with van der Waals surface area (Å²) < 4.78 is 5.43. The van der Waals surface area contributed by atoms with Gasteiger partial charge in [-0.15, -0.1) is 0 Å². The van der Waals surface area contributed by atoms with E-state index < -0.39 is 12.0 Å². The van der Waals surface area contributed by atoms with E-state index in [2.05, 4.69) is 5.32 Å². The fourth-order valence-electron chi connectivity index (χ4n) is 5.75. The molecule has 0 unspecified atom stereocenters. The van der Waals surface area contributed by atoms with E-state index >= 15 is 0 Å². The average molecular weight is 485 g/mol. The van der Waals surface area contributed by atoms with Crippen LogP contribution in [-0.2, 0) is 11.2 Å². The summed E-state index contributed by atoms with van der Waals surface area (Å²) in [4.78, 5) is 29.7. The zero-order valence-electron chi connectivity index (χ0n) is 20.5. The van der Waals surface area contributed by atoms with E-state index in [0.29, 0.717) is 23.4 Å². The van der Waals surface area contributed by atoms with Crippen molar-refractivity contribution in [2.75, 3.05) is 13.7 Å². The van der Waals surface area contributed by atoms with Gasteiger partial charge in [-0.05, 0) is 54.2 Å². The number of ether oxygens (including phenoxy) is 1. The Labute approximate surface area is 211 Å². The Balaban J connectivity index is 1.56. The quantitative estimate of drug-likeness (QED) is 0.496. The SMILES string of the molecule is COc1cc(O)cc([C@H]2[C@H](C(=O)NCCc3ccccc3)c3ccccc3C(=O)N2C2CCCC2)c1. The maximum Gasteiger partial charge on any atom is 0.254 e. The lowest BCUT2D eigenvalue weighted by Gasteiger charge is -2.45. The van der Waals surface area contributed by atoms with Gasteiger partial charge in [0.15, 0.2) is 0 Å². The minimum atomic E-state index is -0.609. The predicted octanol–water partition coefficient (Wildman–Crippen LogP) is 4.98. The van der Waals surface area contributed by atoms with Crippen molar-refractivity contribution >= 4 is 11.8 Å². The van der Waals surface area contributed by atoms with Gasteiger partial charge < -0.3 is 20.1 Å². The molecule has 1 aliphatic heterocycles. The highest BCUT2D eigenvalue weighted by molar-refractivity contribution is 6.01. The molecule has 6 heteroatoms. The number of nitrogens with zero attached hydrogens (tertiary/aromatic N) is 1. The normalized spacial score (nSPS) is 19.7. The van der Waals surface area contributed by atoms with Gasteiger partial charge in [0, 0.05) is 24.2 Å². The standard InChI is InChI=1S/C30H32N2O4/c1-36-24-18-21(17-23(33)19-24)28-27(29(34)31-16-15-20-9-3-2-4-10-20)25-13-7-8-14-26(25)30(35)32(28)22-11-5-6-12-22/h2-4,7-10,13-14,17-19,22,27-28,33H,5-6,11-12,15-16H2,1H3,(H,31,34)/t27-,28+/m1/s1. The zero-order chi connectivity index (χ0) is 25.1. The van der Waals surface area contributed by atoms with Gasteiger partial charge in [0.2, 0.25) is 5.91 Å². The van der Waals surface area contributed by atoms with Crippen LogP contribution in [0.1, 0.15) is 64.7 Å². The highest BCUT2D eigenvalue weighted by Crippen LogP contribution is 2.47. The molecule has 0 radical (unpaired) electrons. The summed E-state index contributed by atoms with van der Waals surface area (Å²) >= 11 is 0. The highest BCUT2D eigenvalue weighted by atomic mass is 16.5. The molecule has 2 atom stereocenters. The van der Waals surface area contributed by atoms with Crippen LogP contribution >= 0.6 is 0 Å². The van der Waals surface area contributed by atoms with Crippen LogP contribution in [0.25, 0.3) is 0 Å². The molecule has 1 heterocycles. The summed E-state index contributed by atoms with van der Waals surface area (Å²) in [5.41, 5.74) is 3.15. The lowest BCUT2D eigenvalue weighted by molar-refractivity contribution is -0.124. The fourth-order valence-corrected chi connectivity index (χ4v) is 5.75. The molecular formula is C30H32N2O4. The number of hydrogen-bond donors (Lipinski definition) is 2. The van der Waals surface area contributed by atoms with Crippen molar-refractivity contribution < 1.29 is 19.4 Å². The maximum absolute atomic E-state index is 13.9. The van der Waals surface area contributed by atoms with Crippen molar-refractivity contribution in [2.24, 2.45) is 0 Å². The van der Waals surface area contributed by atoms with E-state index in [1.165, 1.54) is 6.07 Å². The number of aromatic hydroxyl groups is 1. The van der Waals surface area contributed by atoms with E-state index in [0.717, 1.165) is 43.2 Å². The number of hydrogen-bond acceptors (Lipinski definition) is 4. The summed E-state index contributed by atoms with van der Waals surface area (Å²) in [6, 6.07) is 22.0. The summed E-state index contributed by atoms with van der Waals surface area (Å²) in [7, 11) is 1.54. The first-order chi connectivity index (χ1) is 17.6. The third kappa shape index (κ3) is 4.68. The molecule has 1 saturated carbocycles. The second-order valence-corrected chi connectivity index (χ2v) is 9.65. The third-order valence-electron chi connectivity index (χ3n) is 7.42. The molecule has 186 valence electrons. The van der Waals surface area contributed by atoms with Crippen LogP contribution in [0.15, 0.2) is 72.8 Å². The molecule has 3 aromatic carbocycles. The number of methoxy groups -OCH3 is 1. The number of carbonyl (C=O) groups is 2. The van der Waals surface area contributed by atoms with Crippen molar-refractivity contribution in [1.29, 1.82) is 0 Å². The van der Waals surface area contributed by atoms with Crippen LogP contribution < -0.4 is 10.1 Å². The molecular weight excluding hydrogens is 452 g/mol. The molecule has 1 aliphatic carbocycles. The number of phenols is 1. The first-order valence-electron chi connectivity index (χ1n) is 12.7. The van der Waals surface area contributed by atoms with Gasteiger partial charge in [0.1, 0.15) is 11.5 Å². The van der Waals surface area contributed by atoms with Crippen molar-refractivity contribution in [3.63, 3.8) is 0 Å². The topological polar surface area (TPSA) is 78.9 Å². The minimum Gasteiger partial charge on any atom is -0.508 e. The Bertz CT molecular complexity index is 1240. The lowest BCUT2D eigenvalue weighted by atomic mass is 9.78. The maximum atomic E-state index is 13.9. The van der Waals surface area contributed by atoms with E-state index in [4.69, 9.17) is 4.74 Å². The Kier molecular flexibility index (Phi) is 6.94. The summed E-state index contributed by atoms with van der Waals surface area (Å²) in [6.45, 7) is 0.495. The van der Waals surface area contributed by atoms with Gasteiger partial charge in [0.05, 0.1) is 19.1 Å². The Morgan fingerprint density at radius 3 is 2.50 bits per heavy atom. The number of benzene rings is 3. The van der Waals surface area contributed by atoms with E-state index in [-0.39, 0.29) is 23.6 Å². The number of carbonyl (C=O) groups excluding carboxylic acids is 2. The Morgan fingerprint density at radius 2 is 1.75 bits per heavy atom. The van der Waals surface area contributed by atoms with Crippen LogP contribution in [0.4, 0.5) is 0 Å². The van der Waals surface area contributed by atoms with Crippen LogP contribution in [0, 0.1) is 0 Å². The van der Waals surface area contributed by atoms with Crippen LogP contribution in [0.2, 0.25) is 0 Å². The number of rotatable bonds is 7. The van der Waals surface area contributed by atoms with Crippen molar-refractivity contribution in [2.45, 2.75) is 50.1 Å². The third-order valence-corrected chi connectivity index (χ3v) is 7.42. The van der Waals surface area contributed by atoms with Gasteiger partial charge in [-0.1, -0.05) is 61.4 Å². The smallest absolute Gasteiger partial charge is 0.254 e. The first-order valence-corrected chi connectivity index (χ1v) is 12.7. The average Bonchev–Trinajstić information content (AvgIpc) is 3.43. The second-order valence-electron chi connectivity index (χ2n) is 9.65. The van der Waals surface area contributed by atoms with E-state index in [9.17, 15) is 14.7 Å². The van der Waals surface area contributed by atoms with Crippen molar-refractivity contribution in [3.05, 3.63) is 95.1 Å². The largest absolute Gasteiger partial charge is 0.508 e. The van der Waals surface area contributed by atoms with Crippen LogP contribution in [0.5, 0.6) is 11.5 Å². The molecule has 36 heavy (non-hydrogen) atoms. The van der Waals surface area contributed by atoms with Gasteiger partial charge >= 0.3 is 0 Å². The second kappa shape index (κ2) is 10.4. The van der Waals surface area contributed by atoms with Crippen LogP contribution in [-0.4, -0.2) is 41.5 Å². The molecule has 3 aromatic rings. The molecule has 1 fully saturated rings.